The largest absolute Gasteiger partial charge is 0.351 e. The summed E-state index contributed by atoms with van der Waals surface area (Å²) in [6.07, 6.45) is 3.55. The van der Waals surface area contributed by atoms with Gasteiger partial charge in [-0.3, -0.25) is 9.59 Å². The van der Waals surface area contributed by atoms with Crippen LogP contribution in [0.4, 0.5) is 16.2 Å². The Balaban J connectivity index is 1.50. The fraction of sp³-hybridized carbons (Fsp3) is 0.250. The molecule has 0 fully saturated rings. The minimum atomic E-state index is -0.646. The lowest BCUT2D eigenvalue weighted by Crippen LogP contribution is -2.19. The molecule has 0 saturated heterocycles. The van der Waals surface area contributed by atoms with Crippen molar-refractivity contribution in [2.75, 3.05) is 10.6 Å². The number of nitrogens with one attached hydrogen (secondary N) is 2. The Bertz CT molecular complexity index is 844. The van der Waals surface area contributed by atoms with E-state index in [1.54, 1.807) is 24.3 Å². The molecule has 0 aromatic heterocycles. The molecule has 1 aliphatic rings. The second kappa shape index (κ2) is 7.82. The van der Waals surface area contributed by atoms with Crippen LogP contribution in [0, 0.1) is 0 Å². The summed E-state index contributed by atoms with van der Waals surface area (Å²) in [6.45, 7) is 0. The number of aryl methyl sites for hydroxylation is 2. The Morgan fingerprint density at radius 3 is 2.19 bits per heavy atom. The van der Waals surface area contributed by atoms with Crippen molar-refractivity contribution < 1.29 is 14.4 Å². The van der Waals surface area contributed by atoms with Crippen molar-refractivity contribution >= 4 is 29.1 Å². The van der Waals surface area contributed by atoms with E-state index in [0.29, 0.717) is 16.9 Å². The zero-order chi connectivity index (χ0) is 18.5. The lowest BCUT2D eigenvalue weighted by atomic mass is 10.0. The van der Waals surface area contributed by atoms with Gasteiger partial charge in [-0.15, -0.1) is 0 Å². The van der Waals surface area contributed by atoms with Gasteiger partial charge in [0.25, 0.3) is 0 Å². The van der Waals surface area contributed by atoms with E-state index in [1.807, 2.05) is 18.2 Å². The number of benzene rings is 2. The SMILES string of the molecule is NC(=O)Nc1ccc(NC(=O)CCC(=O)c2ccc3c(c2)CCC3)cc1. The van der Waals surface area contributed by atoms with Crippen molar-refractivity contribution in [1.82, 2.24) is 0 Å². The van der Waals surface area contributed by atoms with Gasteiger partial charge in [0, 0.05) is 29.8 Å². The number of nitrogens with two attached hydrogens (primary N) is 1. The van der Waals surface area contributed by atoms with Crippen LogP contribution in [0.15, 0.2) is 42.5 Å². The molecule has 0 radical (unpaired) electrons. The Morgan fingerprint density at radius 2 is 1.50 bits per heavy atom. The smallest absolute Gasteiger partial charge is 0.316 e. The van der Waals surface area contributed by atoms with Crippen LogP contribution in [0.5, 0.6) is 0 Å². The standard InChI is InChI=1S/C20H21N3O3/c21-20(26)23-17-8-6-16(7-9-17)22-19(25)11-10-18(24)15-5-4-13-2-1-3-14(13)12-15/h4-9,12H,1-3,10-11H2,(H,22,25)(H3,21,23,26). The summed E-state index contributed by atoms with van der Waals surface area (Å²) in [6, 6.07) is 11.8. The first-order valence-electron chi connectivity index (χ1n) is 8.62. The third kappa shape index (κ3) is 4.47. The first-order valence-corrected chi connectivity index (χ1v) is 8.62. The molecule has 4 N–H and O–H groups in total. The summed E-state index contributed by atoms with van der Waals surface area (Å²) < 4.78 is 0. The summed E-state index contributed by atoms with van der Waals surface area (Å²) >= 11 is 0. The maximum absolute atomic E-state index is 12.3. The second-order valence-electron chi connectivity index (χ2n) is 6.37. The second-order valence-corrected chi connectivity index (χ2v) is 6.37. The Morgan fingerprint density at radius 1 is 0.846 bits per heavy atom. The van der Waals surface area contributed by atoms with E-state index in [9.17, 15) is 14.4 Å². The number of urea groups is 1. The molecule has 134 valence electrons. The quantitative estimate of drug-likeness (QED) is 0.696. The molecule has 3 amide bonds. The first kappa shape index (κ1) is 17.7. The van der Waals surface area contributed by atoms with Gasteiger partial charge in [0.1, 0.15) is 0 Å². The number of carbonyl (C=O) groups is 3. The van der Waals surface area contributed by atoms with Crippen molar-refractivity contribution in [2.24, 2.45) is 5.73 Å². The van der Waals surface area contributed by atoms with Crippen molar-refractivity contribution in [3.63, 3.8) is 0 Å². The molecular weight excluding hydrogens is 330 g/mol. The minimum Gasteiger partial charge on any atom is -0.351 e. The molecule has 26 heavy (non-hydrogen) atoms. The van der Waals surface area contributed by atoms with Crippen LogP contribution in [0.25, 0.3) is 0 Å². The average Bonchev–Trinajstić information content (AvgIpc) is 3.08. The zero-order valence-corrected chi connectivity index (χ0v) is 14.4. The molecule has 0 spiro atoms. The molecular formula is C20H21N3O3. The van der Waals surface area contributed by atoms with Gasteiger partial charge >= 0.3 is 6.03 Å². The van der Waals surface area contributed by atoms with Crippen LogP contribution in [0.1, 0.15) is 40.7 Å². The van der Waals surface area contributed by atoms with Crippen LogP contribution in [-0.4, -0.2) is 17.7 Å². The van der Waals surface area contributed by atoms with Crippen molar-refractivity contribution in [2.45, 2.75) is 32.1 Å². The van der Waals surface area contributed by atoms with E-state index in [1.165, 1.54) is 11.1 Å². The van der Waals surface area contributed by atoms with Gasteiger partial charge in [-0.1, -0.05) is 12.1 Å². The fourth-order valence-electron chi connectivity index (χ4n) is 3.12. The van der Waals surface area contributed by atoms with Gasteiger partial charge in [0.2, 0.25) is 5.91 Å². The lowest BCUT2D eigenvalue weighted by molar-refractivity contribution is -0.116. The number of hydrogen-bond donors (Lipinski definition) is 3. The highest BCUT2D eigenvalue weighted by atomic mass is 16.2. The van der Waals surface area contributed by atoms with Gasteiger partial charge < -0.3 is 16.4 Å². The minimum absolute atomic E-state index is 0.0177. The summed E-state index contributed by atoms with van der Waals surface area (Å²) in [5.41, 5.74) is 9.44. The topological polar surface area (TPSA) is 101 Å². The Hall–Kier alpha value is -3.15. The fourth-order valence-corrected chi connectivity index (χ4v) is 3.12. The van der Waals surface area contributed by atoms with E-state index in [4.69, 9.17) is 5.73 Å². The van der Waals surface area contributed by atoms with E-state index >= 15 is 0 Å². The number of Topliss-reactive ketones (excluding diaryl/α,β-unsaturated/α-hetero) is 1. The van der Waals surface area contributed by atoms with Crippen LogP contribution in [0.3, 0.4) is 0 Å². The monoisotopic (exact) mass is 351 g/mol. The number of fused-ring (bicyclic) bond motifs is 1. The van der Waals surface area contributed by atoms with Crippen LogP contribution in [-0.2, 0) is 17.6 Å². The van der Waals surface area contributed by atoms with Crippen LogP contribution >= 0.6 is 0 Å². The first-order chi connectivity index (χ1) is 12.5. The number of primary amides is 1. The zero-order valence-electron chi connectivity index (χ0n) is 14.4. The highest BCUT2D eigenvalue weighted by Crippen LogP contribution is 2.23. The molecule has 0 atom stereocenters. The van der Waals surface area contributed by atoms with E-state index < -0.39 is 6.03 Å². The predicted octanol–water partition coefficient (Wildman–Crippen LogP) is 3.27. The molecule has 0 bridgehead atoms. The Labute approximate surface area is 151 Å². The van der Waals surface area contributed by atoms with Crippen LogP contribution in [0.2, 0.25) is 0 Å². The van der Waals surface area contributed by atoms with Gasteiger partial charge in [-0.2, -0.15) is 0 Å². The normalized spacial score (nSPS) is 12.3. The molecule has 0 aliphatic heterocycles. The number of amides is 3. The average molecular weight is 351 g/mol. The molecule has 6 heteroatoms. The van der Waals surface area contributed by atoms with Gasteiger partial charge in [-0.25, -0.2) is 4.79 Å². The molecule has 3 rings (SSSR count). The van der Waals surface area contributed by atoms with E-state index in [0.717, 1.165) is 19.3 Å². The lowest BCUT2D eigenvalue weighted by Gasteiger charge is -2.07. The maximum Gasteiger partial charge on any atom is 0.316 e. The third-order valence-corrected chi connectivity index (χ3v) is 4.44. The van der Waals surface area contributed by atoms with Gasteiger partial charge in [0.15, 0.2) is 5.78 Å². The van der Waals surface area contributed by atoms with Crippen molar-refractivity contribution in [3.05, 3.63) is 59.2 Å². The molecule has 0 unspecified atom stereocenters. The number of anilines is 2. The Kier molecular flexibility index (Phi) is 5.31. The molecule has 0 saturated carbocycles. The number of rotatable bonds is 6. The molecule has 0 heterocycles. The summed E-state index contributed by atoms with van der Waals surface area (Å²) in [5, 5.41) is 5.18. The van der Waals surface area contributed by atoms with Crippen molar-refractivity contribution in [3.8, 4) is 0 Å². The van der Waals surface area contributed by atoms with Crippen molar-refractivity contribution in [1.29, 1.82) is 0 Å². The molecule has 2 aromatic carbocycles. The van der Waals surface area contributed by atoms with Crippen LogP contribution < -0.4 is 16.4 Å². The highest BCUT2D eigenvalue weighted by molar-refractivity contribution is 6.00. The van der Waals surface area contributed by atoms with Gasteiger partial charge in [-0.05, 0) is 60.7 Å². The molecule has 1 aliphatic carbocycles. The predicted molar refractivity (Wildman–Crippen MR) is 100 cm³/mol. The summed E-state index contributed by atoms with van der Waals surface area (Å²) in [7, 11) is 0. The van der Waals surface area contributed by atoms with E-state index in [-0.39, 0.29) is 24.5 Å². The van der Waals surface area contributed by atoms with Gasteiger partial charge in [0.05, 0.1) is 0 Å². The summed E-state index contributed by atoms with van der Waals surface area (Å²) in [4.78, 5) is 35.1. The number of hydrogen-bond acceptors (Lipinski definition) is 3. The molecule has 6 nitrogen and oxygen atoms in total. The van der Waals surface area contributed by atoms with E-state index in [2.05, 4.69) is 10.6 Å². The maximum atomic E-state index is 12.3. The number of ketones is 1. The highest BCUT2D eigenvalue weighted by Gasteiger charge is 2.15. The number of carbonyl (C=O) groups excluding carboxylic acids is 3. The third-order valence-electron chi connectivity index (χ3n) is 4.44. The summed E-state index contributed by atoms with van der Waals surface area (Å²) in [5.74, 6) is -0.244. The molecule has 2 aromatic rings.